The van der Waals surface area contributed by atoms with Gasteiger partial charge in [-0.2, -0.15) is 0 Å². The number of benzene rings is 1. The molecule has 5 heteroatoms. The van der Waals surface area contributed by atoms with E-state index < -0.39 is 0 Å². The lowest BCUT2D eigenvalue weighted by Crippen LogP contribution is -2.12. The van der Waals surface area contributed by atoms with Crippen LogP contribution in [-0.4, -0.2) is 9.97 Å². The number of H-pyrrole nitrogens is 1. The van der Waals surface area contributed by atoms with Gasteiger partial charge in [0.25, 0.3) is 5.56 Å². The van der Waals surface area contributed by atoms with Crippen molar-refractivity contribution >= 4 is 11.0 Å². The molecule has 0 amide bonds. The molecule has 0 spiro atoms. The average molecular weight is 241 g/mol. The number of aromatic nitrogens is 2. The van der Waals surface area contributed by atoms with Crippen LogP contribution in [0.1, 0.15) is 5.69 Å². The summed E-state index contributed by atoms with van der Waals surface area (Å²) in [7, 11) is 0. The summed E-state index contributed by atoms with van der Waals surface area (Å²) in [4.78, 5) is 18.4. The van der Waals surface area contributed by atoms with E-state index in [1.165, 1.54) is 6.07 Å². The third kappa shape index (κ3) is 1.80. The van der Waals surface area contributed by atoms with Crippen LogP contribution in [0.25, 0.3) is 22.6 Å². The molecular formula is C13H11N3O2. The first kappa shape index (κ1) is 10.7. The van der Waals surface area contributed by atoms with Crippen LogP contribution >= 0.6 is 0 Å². The quantitative estimate of drug-likeness (QED) is 0.714. The molecule has 3 aromatic rings. The molecule has 3 N–H and O–H groups in total. The standard InChI is InChI=1S/C13H11N3O2/c14-7-9-6-12(17)16-13(15-9)11-5-8-3-1-2-4-10(8)18-11/h1-6H,7,14H2,(H,15,16,17). The second-order valence-corrected chi connectivity index (χ2v) is 3.94. The minimum absolute atomic E-state index is 0.219. The van der Waals surface area contributed by atoms with Crippen LogP contribution in [0.2, 0.25) is 0 Å². The Morgan fingerprint density at radius 3 is 2.89 bits per heavy atom. The largest absolute Gasteiger partial charge is 0.453 e. The molecule has 1 aromatic carbocycles. The van der Waals surface area contributed by atoms with E-state index in [9.17, 15) is 4.79 Å². The molecule has 0 fully saturated rings. The lowest BCUT2D eigenvalue weighted by molar-refractivity contribution is 0.624. The van der Waals surface area contributed by atoms with Crippen molar-refractivity contribution in [2.45, 2.75) is 6.54 Å². The highest BCUT2D eigenvalue weighted by Crippen LogP contribution is 2.24. The van der Waals surface area contributed by atoms with Crippen molar-refractivity contribution in [3.8, 4) is 11.6 Å². The minimum atomic E-state index is -0.235. The number of nitrogens with one attached hydrogen (secondary N) is 1. The van der Waals surface area contributed by atoms with E-state index in [0.717, 1.165) is 11.0 Å². The summed E-state index contributed by atoms with van der Waals surface area (Å²) < 4.78 is 5.64. The molecule has 0 saturated heterocycles. The van der Waals surface area contributed by atoms with E-state index in [-0.39, 0.29) is 12.1 Å². The number of para-hydroxylation sites is 1. The predicted molar refractivity (Wildman–Crippen MR) is 68.0 cm³/mol. The molecule has 2 heterocycles. The fourth-order valence-electron chi connectivity index (χ4n) is 1.83. The van der Waals surface area contributed by atoms with Gasteiger partial charge in [0.05, 0.1) is 5.69 Å². The van der Waals surface area contributed by atoms with Crippen molar-refractivity contribution in [3.63, 3.8) is 0 Å². The highest BCUT2D eigenvalue weighted by atomic mass is 16.3. The van der Waals surface area contributed by atoms with Crippen LogP contribution in [0.3, 0.4) is 0 Å². The van der Waals surface area contributed by atoms with Gasteiger partial charge < -0.3 is 15.1 Å². The molecule has 0 aliphatic rings. The molecule has 90 valence electrons. The Hall–Kier alpha value is -2.40. The monoisotopic (exact) mass is 241 g/mol. The van der Waals surface area contributed by atoms with Crippen molar-refractivity contribution in [1.82, 2.24) is 9.97 Å². The van der Waals surface area contributed by atoms with Gasteiger partial charge in [0.2, 0.25) is 0 Å². The second kappa shape index (κ2) is 4.12. The number of furan rings is 1. The highest BCUT2D eigenvalue weighted by Gasteiger charge is 2.09. The lowest BCUT2D eigenvalue weighted by Gasteiger charge is -1.98. The Morgan fingerprint density at radius 1 is 1.28 bits per heavy atom. The summed E-state index contributed by atoms with van der Waals surface area (Å²) in [5.41, 5.74) is 6.55. The van der Waals surface area contributed by atoms with Gasteiger partial charge in [0, 0.05) is 18.0 Å². The number of fused-ring (bicyclic) bond motifs is 1. The van der Waals surface area contributed by atoms with Crippen molar-refractivity contribution in [1.29, 1.82) is 0 Å². The Morgan fingerprint density at radius 2 is 2.11 bits per heavy atom. The van der Waals surface area contributed by atoms with Gasteiger partial charge in [-0.3, -0.25) is 4.79 Å². The van der Waals surface area contributed by atoms with Crippen LogP contribution in [0.5, 0.6) is 0 Å². The molecule has 0 unspecified atom stereocenters. The third-order valence-electron chi connectivity index (χ3n) is 2.66. The van der Waals surface area contributed by atoms with Gasteiger partial charge in [-0.05, 0) is 12.1 Å². The summed E-state index contributed by atoms with van der Waals surface area (Å²) in [5.74, 6) is 0.933. The fourth-order valence-corrected chi connectivity index (χ4v) is 1.83. The smallest absolute Gasteiger partial charge is 0.251 e. The molecular weight excluding hydrogens is 230 g/mol. The van der Waals surface area contributed by atoms with Gasteiger partial charge in [0.15, 0.2) is 11.6 Å². The second-order valence-electron chi connectivity index (χ2n) is 3.94. The van der Waals surface area contributed by atoms with E-state index in [1.807, 2.05) is 30.3 Å². The maximum atomic E-state index is 11.5. The summed E-state index contributed by atoms with van der Waals surface area (Å²) in [6.07, 6.45) is 0. The number of hydrogen-bond acceptors (Lipinski definition) is 4. The van der Waals surface area contributed by atoms with E-state index >= 15 is 0 Å². The van der Waals surface area contributed by atoms with Crippen LogP contribution < -0.4 is 11.3 Å². The van der Waals surface area contributed by atoms with Crippen molar-refractivity contribution in [2.75, 3.05) is 0 Å². The first-order valence-corrected chi connectivity index (χ1v) is 5.55. The van der Waals surface area contributed by atoms with Gasteiger partial charge in [0.1, 0.15) is 5.58 Å². The zero-order valence-corrected chi connectivity index (χ0v) is 9.51. The molecule has 5 nitrogen and oxygen atoms in total. The predicted octanol–water partition coefficient (Wildman–Crippen LogP) is 1.64. The maximum absolute atomic E-state index is 11.5. The summed E-state index contributed by atoms with van der Waals surface area (Å²) >= 11 is 0. The molecule has 0 saturated carbocycles. The van der Waals surface area contributed by atoms with Gasteiger partial charge in [-0.25, -0.2) is 4.98 Å². The number of hydrogen-bond donors (Lipinski definition) is 2. The van der Waals surface area contributed by atoms with Crippen LogP contribution in [-0.2, 0) is 6.54 Å². The van der Waals surface area contributed by atoms with E-state index in [4.69, 9.17) is 10.2 Å². The molecule has 2 aromatic heterocycles. The molecule has 18 heavy (non-hydrogen) atoms. The first-order valence-electron chi connectivity index (χ1n) is 5.55. The Kier molecular flexibility index (Phi) is 2.46. The van der Waals surface area contributed by atoms with Crippen molar-refractivity contribution < 1.29 is 4.42 Å². The molecule has 3 rings (SSSR count). The van der Waals surface area contributed by atoms with Gasteiger partial charge >= 0.3 is 0 Å². The van der Waals surface area contributed by atoms with E-state index in [1.54, 1.807) is 0 Å². The van der Waals surface area contributed by atoms with Gasteiger partial charge in [-0.1, -0.05) is 18.2 Å². The molecule has 0 radical (unpaired) electrons. The Balaban J connectivity index is 2.19. The van der Waals surface area contributed by atoms with Crippen LogP contribution in [0.15, 0.2) is 45.6 Å². The number of nitrogens with two attached hydrogens (primary N) is 1. The highest BCUT2D eigenvalue weighted by molar-refractivity contribution is 5.81. The Labute approximate surface area is 102 Å². The zero-order chi connectivity index (χ0) is 12.5. The summed E-state index contributed by atoms with van der Waals surface area (Å²) in [5, 5.41) is 0.966. The summed E-state index contributed by atoms with van der Waals surface area (Å²) in [6.45, 7) is 0.219. The molecule has 0 aliphatic carbocycles. The SMILES string of the molecule is NCc1cc(=O)[nH]c(-c2cc3ccccc3o2)n1. The molecule has 0 aliphatic heterocycles. The molecule has 0 atom stereocenters. The summed E-state index contributed by atoms with van der Waals surface area (Å²) in [6, 6.07) is 10.8. The third-order valence-corrected chi connectivity index (χ3v) is 2.66. The maximum Gasteiger partial charge on any atom is 0.251 e. The lowest BCUT2D eigenvalue weighted by atomic mass is 10.2. The fraction of sp³-hybridized carbons (Fsp3) is 0.0769. The first-order chi connectivity index (χ1) is 8.76. The van der Waals surface area contributed by atoms with Crippen molar-refractivity contribution in [2.24, 2.45) is 5.73 Å². The zero-order valence-electron chi connectivity index (χ0n) is 9.51. The number of aromatic amines is 1. The Bertz CT molecular complexity index is 725. The van der Waals surface area contributed by atoms with Gasteiger partial charge in [-0.15, -0.1) is 0 Å². The van der Waals surface area contributed by atoms with Crippen LogP contribution in [0, 0.1) is 0 Å². The van der Waals surface area contributed by atoms with E-state index in [2.05, 4.69) is 9.97 Å². The van der Waals surface area contributed by atoms with Crippen molar-refractivity contribution in [3.05, 3.63) is 52.4 Å². The average Bonchev–Trinajstić information content (AvgIpc) is 2.81. The van der Waals surface area contributed by atoms with E-state index in [0.29, 0.717) is 17.3 Å². The normalized spacial score (nSPS) is 10.9. The topological polar surface area (TPSA) is 84.9 Å². The minimum Gasteiger partial charge on any atom is -0.453 e. The van der Waals surface area contributed by atoms with Crippen LogP contribution in [0.4, 0.5) is 0 Å². The number of nitrogens with zero attached hydrogens (tertiary/aromatic N) is 1. The number of rotatable bonds is 2. The molecule has 0 bridgehead atoms.